The number of carbonyl (C=O) groups excluding carboxylic acids is 3. The highest BCUT2D eigenvalue weighted by atomic mass is 79.9. The molecule has 4 amide bonds. The summed E-state index contributed by atoms with van der Waals surface area (Å²) >= 11 is 3.44. The Morgan fingerprint density at radius 1 is 1.10 bits per heavy atom. The number of carbonyl (C=O) groups is 3. The Bertz CT molecular complexity index is 996. The third kappa shape index (κ3) is 4.56. The summed E-state index contributed by atoms with van der Waals surface area (Å²) in [7, 11) is 0. The van der Waals surface area contributed by atoms with Crippen molar-refractivity contribution in [1.82, 2.24) is 5.32 Å². The summed E-state index contributed by atoms with van der Waals surface area (Å²) in [6, 6.07) is 11.6. The van der Waals surface area contributed by atoms with Crippen molar-refractivity contribution in [1.29, 1.82) is 0 Å². The Labute approximate surface area is 177 Å². The average molecular weight is 457 g/mol. The number of hydrogen-bond acceptors (Lipinski definition) is 4. The minimum atomic E-state index is -0.761. The van der Waals surface area contributed by atoms with E-state index in [0.717, 1.165) is 16.9 Å². The van der Waals surface area contributed by atoms with Crippen LogP contribution in [0.4, 0.5) is 10.5 Å². The van der Waals surface area contributed by atoms with E-state index in [1.54, 1.807) is 30.3 Å². The van der Waals surface area contributed by atoms with E-state index in [-0.39, 0.29) is 11.7 Å². The summed E-state index contributed by atoms with van der Waals surface area (Å²) in [5.41, 5.74) is 2.00. The van der Waals surface area contributed by atoms with Crippen molar-refractivity contribution in [2.75, 3.05) is 4.90 Å². The van der Waals surface area contributed by atoms with Crippen molar-refractivity contribution in [3.8, 4) is 5.75 Å². The first-order chi connectivity index (χ1) is 13.8. The van der Waals surface area contributed by atoms with E-state index < -0.39 is 17.8 Å². The number of rotatable bonds is 5. The van der Waals surface area contributed by atoms with E-state index in [4.69, 9.17) is 4.74 Å². The highest BCUT2D eigenvalue weighted by Crippen LogP contribution is 2.29. The number of aryl methyl sites for hydroxylation is 1. The van der Waals surface area contributed by atoms with Crippen LogP contribution in [0.2, 0.25) is 0 Å². The number of ether oxygens (including phenoxy) is 1. The van der Waals surface area contributed by atoms with Gasteiger partial charge in [0.15, 0.2) is 0 Å². The van der Waals surface area contributed by atoms with Crippen LogP contribution in [0.1, 0.15) is 31.9 Å². The molecule has 1 aliphatic rings. The Morgan fingerprint density at radius 2 is 1.79 bits per heavy atom. The molecule has 0 radical (unpaired) electrons. The molecule has 3 rings (SSSR count). The molecule has 1 fully saturated rings. The van der Waals surface area contributed by atoms with E-state index in [0.29, 0.717) is 21.5 Å². The number of anilines is 1. The minimum Gasteiger partial charge on any atom is -0.490 e. The minimum absolute atomic E-state index is 0.0138. The van der Waals surface area contributed by atoms with Crippen molar-refractivity contribution in [3.63, 3.8) is 0 Å². The van der Waals surface area contributed by atoms with Crippen molar-refractivity contribution in [3.05, 3.63) is 63.6 Å². The third-order valence-electron chi connectivity index (χ3n) is 4.33. The van der Waals surface area contributed by atoms with Gasteiger partial charge in [0.1, 0.15) is 11.3 Å². The molecule has 1 N–H and O–H groups in total. The molecule has 29 heavy (non-hydrogen) atoms. The van der Waals surface area contributed by atoms with Gasteiger partial charge in [-0.05, 0) is 77.7 Å². The summed E-state index contributed by atoms with van der Waals surface area (Å²) in [4.78, 5) is 38.5. The molecule has 0 aliphatic carbocycles. The van der Waals surface area contributed by atoms with Crippen molar-refractivity contribution in [2.45, 2.75) is 33.3 Å². The molecule has 0 aromatic heterocycles. The molecule has 0 atom stereocenters. The number of amides is 4. The van der Waals surface area contributed by atoms with Crippen LogP contribution in [0, 0.1) is 0 Å². The Morgan fingerprint density at radius 3 is 2.38 bits per heavy atom. The van der Waals surface area contributed by atoms with E-state index in [1.165, 1.54) is 6.08 Å². The topological polar surface area (TPSA) is 75.7 Å². The fourth-order valence-electron chi connectivity index (χ4n) is 2.90. The maximum absolute atomic E-state index is 12.9. The second-order valence-corrected chi connectivity index (χ2v) is 7.69. The predicted octanol–water partition coefficient (Wildman–Crippen LogP) is 4.47. The highest BCUT2D eigenvalue weighted by Gasteiger charge is 2.36. The predicted molar refractivity (Wildman–Crippen MR) is 115 cm³/mol. The lowest BCUT2D eigenvalue weighted by Crippen LogP contribution is -2.54. The first kappa shape index (κ1) is 20.8. The molecule has 150 valence electrons. The molecule has 6 nitrogen and oxygen atoms in total. The van der Waals surface area contributed by atoms with Gasteiger partial charge in [-0.1, -0.05) is 25.1 Å². The van der Waals surface area contributed by atoms with Crippen LogP contribution in [0.25, 0.3) is 6.08 Å². The second kappa shape index (κ2) is 8.61. The van der Waals surface area contributed by atoms with Gasteiger partial charge >= 0.3 is 6.03 Å². The SMILES string of the molecule is CCc1ccc(N2C(=O)NC(=O)/C(=C\c3ccc(OC(C)C)c(Br)c3)C2=O)cc1. The van der Waals surface area contributed by atoms with E-state index in [2.05, 4.69) is 21.2 Å². The zero-order chi connectivity index (χ0) is 21.1. The van der Waals surface area contributed by atoms with Gasteiger partial charge in [0, 0.05) is 0 Å². The van der Waals surface area contributed by atoms with Gasteiger partial charge in [0.2, 0.25) is 0 Å². The molecular weight excluding hydrogens is 436 g/mol. The quantitative estimate of drug-likeness (QED) is 0.531. The number of barbiturate groups is 1. The number of halogens is 1. The standard InChI is InChI=1S/C22H21BrN2O4/c1-4-14-5-8-16(9-6-14)25-21(27)17(20(26)24-22(25)28)11-15-7-10-19(18(23)12-15)29-13(2)3/h5-13H,4H2,1-3H3,(H,24,26,28)/b17-11+. The van der Waals surface area contributed by atoms with E-state index in [1.807, 2.05) is 32.9 Å². The molecule has 0 bridgehead atoms. The monoisotopic (exact) mass is 456 g/mol. The summed E-state index contributed by atoms with van der Waals surface area (Å²) in [5, 5.41) is 2.23. The fraction of sp³-hybridized carbons (Fsp3) is 0.227. The van der Waals surface area contributed by atoms with Crippen LogP contribution in [0.3, 0.4) is 0 Å². The summed E-state index contributed by atoms with van der Waals surface area (Å²) < 4.78 is 6.37. The maximum atomic E-state index is 12.9. The Kier molecular flexibility index (Phi) is 6.17. The maximum Gasteiger partial charge on any atom is 0.335 e. The molecule has 2 aromatic carbocycles. The molecule has 2 aromatic rings. The van der Waals surface area contributed by atoms with Gasteiger partial charge in [-0.15, -0.1) is 0 Å². The number of urea groups is 1. The summed E-state index contributed by atoms with van der Waals surface area (Å²) in [6.07, 6.45) is 2.32. The van der Waals surface area contributed by atoms with Gasteiger partial charge in [-0.25, -0.2) is 9.69 Å². The zero-order valence-corrected chi connectivity index (χ0v) is 17.9. The lowest BCUT2D eigenvalue weighted by atomic mass is 10.1. The van der Waals surface area contributed by atoms with Gasteiger partial charge in [-0.3, -0.25) is 14.9 Å². The molecule has 7 heteroatoms. The number of benzene rings is 2. The van der Waals surface area contributed by atoms with Crippen molar-refractivity contribution < 1.29 is 19.1 Å². The van der Waals surface area contributed by atoms with Crippen LogP contribution in [0.5, 0.6) is 5.75 Å². The Balaban J connectivity index is 1.93. The number of imide groups is 2. The molecule has 1 aliphatic heterocycles. The van der Waals surface area contributed by atoms with E-state index in [9.17, 15) is 14.4 Å². The first-order valence-electron chi connectivity index (χ1n) is 9.26. The lowest BCUT2D eigenvalue weighted by Gasteiger charge is -2.26. The molecular formula is C22H21BrN2O4. The van der Waals surface area contributed by atoms with Crippen LogP contribution in [-0.4, -0.2) is 23.9 Å². The number of nitrogens with zero attached hydrogens (tertiary/aromatic N) is 1. The Hall–Kier alpha value is -2.93. The molecule has 0 spiro atoms. The highest BCUT2D eigenvalue weighted by molar-refractivity contribution is 9.10. The molecule has 1 saturated heterocycles. The van der Waals surface area contributed by atoms with E-state index >= 15 is 0 Å². The molecule has 1 heterocycles. The number of nitrogens with one attached hydrogen (secondary N) is 1. The largest absolute Gasteiger partial charge is 0.490 e. The smallest absolute Gasteiger partial charge is 0.335 e. The van der Waals surface area contributed by atoms with Gasteiger partial charge in [0.25, 0.3) is 11.8 Å². The van der Waals surface area contributed by atoms with Gasteiger partial charge < -0.3 is 4.74 Å². The van der Waals surface area contributed by atoms with Gasteiger partial charge in [0.05, 0.1) is 16.3 Å². The second-order valence-electron chi connectivity index (χ2n) is 6.83. The average Bonchev–Trinajstić information content (AvgIpc) is 2.67. The first-order valence-corrected chi connectivity index (χ1v) is 10.1. The number of hydrogen-bond donors (Lipinski definition) is 1. The van der Waals surface area contributed by atoms with Crippen LogP contribution >= 0.6 is 15.9 Å². The lowest BCUT2D eigenvalue weighted by molar-refractivity contribution is -0.122. The fourth-order valence-corrected chi connectivity index (χ4v) is 3.39. The van der Waals surface area contributed by atoms with Gasteiger partial charge in [-0.2, -0.15) is 0 Å². The van der Waals surface area contributed by atoms with Crippen molar-refractivity contribution in [2.24, 2.45) is 0 Å². The molecule has 0 saturated carbocycles. The van der Waals surface area contributed by atoms with Crippen LogP contribution < -0.4 is 15.0 Å². The zero-order valence-electron chi connectivity index (χ0n) is 16.4. The normalized spacial score (nSPS) is 15.8. The van der Waals surface area contributed by atoms with Crippen LogP contribution in [-0.2, 0) is 16.0 Å². The van der Waals surface area contributed by atoms with Crippen LogP contribution in [0.15, 0.2) is 52.5 Å². The summed E-state index contributed by atoms with van der Waals surface area (Å²) in [5.74, 6) is -0.726. The third-order valence-corrected chi connectivity index (χ3v) is 4.95. The van der Waals surface area contributed by atoms with Crippen molar-refractivity contribution >= 4 is 45.5 Å². The molecule has 0 unspecified atom stereocenters. The summed E-state index contributed by atoms with van der Waals surface area (Å²) in [6.45, 7) is 5.86.